The fraction of sp³-hybridized carbons (Fsp3) is 0.0526. The summed E-state index contributed by atoms with van der Waals surface area (Å²) in [7, 11) is 0. The van der Waals surface area contributed by atoms with Gasteiger partial charge in [0.2, 0.25) is 10.8 Å². The Hall–Kier alpha value is -2.84. The van der Waals surface area contributed by atoms with Gasteiger partial charge in [0.15, 0.2) is 0 Å². The van der Waals surface area contributed by atoms with E-state index in [-0.39, 0.29) is 0 Å². The molecule has 8 heteroatoms. The summed E-state index contributed by atoms with van der Waals surface area (Å²) in [5.41, 5.74) is 4.97. The van der Waals surface area contributed by atoms with E-state index in [1.54, 1.807) is 4.52 Å². The number of H-pyrrole nitrogens is 1. The maximum Gasteiger partial charge on any atom is 0.235 e. The zero-order valence-corrected chi connectivity index (χ0v) is 16.6. The topological polar surface area (TPSA) is 71.8 Å². The molecule has 5 aromatic rings. The van der Waals surface area contributed by atoms with Crippen LogP contribution in [0, 0.1) is 6.92 Å². The van der Waals surface area contributed by atoms with Crippen molar-refractivity contribution in [3.05, 3.63) is 64.6 Å². The SMILES string of the molecule is Cc1ccc(-c2cc(-c3nnc4sc(-c5ccc(Br)cc5)nn34)[nH]n2)cc1. The highest BCUT2D eigenvalue weighted by atomic mass is 79.9. The lowest BCUT2D eigenvalue weighted by atomic mass is 10.1. The molecular formula is C19H13BrN6S. The van der Waals surface area contributed by atoms with Crippen LogP contribution in [-0.2, 0) is 0 Å². The van der Waals surface area contributed by atoms with Gasteiger partial charge in [0.1, 0.15) is 10.7 Å². The normalized spacial score (nSPS) is 11.3. The van der Waals surface area contributed by atoms with Crippen LogP contribution in [-0.4, -0.2) is 30.0 Å². The first-order chi connectivity index (χ1) is 13.2. The molecular weight excluding hydrogens is 424 g/mol. The summed E-state index contributed by atoms with van der Waals surface area (Å²) >= 11 is 4.96. The summed E-state index contributed by atoms with van der Waals surface area (Å²) in [6.07, 6.45) is 0. The molecule has 0 unspecified atom stereocenters. The molecule has 2 aromatic carbocycles. The molecule has 3 heterocycles. The van der Waals surface area contributed by atoms with Crippen LogP contribution in [0.1, 0.15) is 5.56 Å². The van der Waals surface area contributed by atoms with E-state index in [9.17, 15) is 0 Å². The monoisotopic (exact) mass is 436 g/mol. The van der Waals surface area contributed by atoms with E-state index in [4.69, 9.17) is 0 Å². The molecule has 0 aliphatic rings. The Kier molecular flexibility index (Phi) is 3.87. The average molecular weight is 437 g/mol. The first-order valence-corrected chi connectivity index (χ1v) is 9.89. The summed E-state index contributed by atoms with van der Waals surface area (Å²) in [5, 5.41) is 21.6. The highest BCUT2D eigenvalue weighted by molar-refractivity contribution is 9.10. The van der Waals surface area contributed by atoms with E-state index in [0.717, 1.165) is 37.0 Å². The minimum absolute atomic E-state index is 0.649. The number of aryl methyl sites for hydroxylation is 1. The predicted molar refractivity (Wildman–Crippen MR) is 110 cm³/mol. The van der Waals surface area contributed by atoms with Gasteiger partial charge in [-0.1, -0.05) is 69.2 Å². The van der Waals surface area contributed by atoms with Crippen molar-refractivity contribution in [1.82, 2.24) is 30.0 Å². The molecule has 0 aliphatic heterocycles. The standard InChI is InChI=1S/C19H13BrN6S/c1-11-2-4-12(5-3-11)15-10-16(22-21-15)17-23-24-19-26(17)25-18(27-19)13-6-8-14(20)9-7-13/h2-10H,1H3,(H,21,22). The highest BCUT2D eigenvalue weighted by Gasteiger charge is 2.16. The van der Waals surface area contributed by atoms with Crippen LogP contribution in [0.5, 0.6) is 0 Å². The van der Waals surface area contributed by atoms with E-state index < -0.39 is 0 Å². The Balaban J connectivity index is 1.54. The number of aromatic nitrogens is 6. The van der Waals surface area contributed by atoms with E-state index >= 15 is 0 Å². The van der Waals surface area contributed by atoms with Gasteiger partial charge in [0.05, 0.1) is 5.69 Å². The summed E-state index contributed by atoms with van der Waals surface area (Å²) in [6, 6.07) is 18.3. The van der Waals surface area contributed by atoms with Gasteiger partial charge in [-0.15, -0.1) is 10.2 Å². The quantitative estimate of drug-likeness (QED) is 0.432. The number of halogens is 1. The van der Waals surface area contributed by atoms with Crippen molar-refractivity contribution in [2.45, 2.75) is 6.92 Å². The zero-order valence-electron chi connectivity index (χ0n) is 14.2. The van der Waals surface area contributed by atoms with Crippen LogP contribution in [0.25, 0.3) is 38.3 Å². The molecule has 0 fully saturated rings. The van der Waals surface area contributed by atoms with Gasteiger partial charge < -0.3 is 0 Å². The van der Waals surface area contributed by atoms with Crippen LogP contribution < -0.4 is 0 Å². The van der Waals surface area contributed by atoms with Crippen LogP contribution in [0.3, 0.4) is 0 Å². The van der Waals surface area contributed by atoms with Crippen LogP contribution in [0.15, 0.2) is 59.1 Å². The largest absolute Gasteiger partial charge is 0.274 e. The highest BCUT2D eigenvalue weighted by Crippen LogP contribution is 2.29. The minimum Gasteiger partial charge on any atom is -0.274 e. The van der Waals surface area contributed by atoms with Crippen molar-refractivity contribution < 1.29 is 0 Å². The van der Waals surface area contributed by atoms with Gasteiger partial charge in [-0.05, 0) is 25.1 Å². The maximum atomic E-state index is 4.69. The number of hydrogen-bond acceptors (Lipinski definition) is 5. The lowest BCUT2D eigenvalue weighted by Crippen LogP contribution is -1.91. The summed E-state index contributed by atoms with van der Waals surface area (Å²) in [5.74, 6) is 0.649. The van der Waals surface area contributed by atoms with Gasteiger partial charge in [0, 0.05) is 15.6 Å². The van der Waals surface area contributed by atoms with Crippen molar-refractivity contribution in [1.29, 1.82) is 0 Å². The number of fused-ring (bicyclic) bond motifs is 1. The third kappa shape index (κ3) is 2.96. The maximum absolute atomic E-state index is 4.69. The Labute approximate surface area is 167 Å². The Morgan fingerprint density at radius 3 is 2.48 bits per heavy atom. The van der Waals surface area contributed by atoms with Crippen molar-refractivity contribution >= 4 is 32.2 Å². The molecule has 6 nitrogen and oxygen atoms in total. The average Bonchev–Trinajstić information content (AvgIpc) is 3.38. The van der Waals surface area contributed by atoms with Crippen LogP contribution in [0.4, 0.5) is 0 Å². The van der Waals surface area contributed by atoms with Gasteiger partial charge in [-0.3, -0.25) is 5.10 Å². The van der Waals surface area contributed by atoms with Crippen molar-refractivity contribution in [3.63, 3.8) is 0 Å². The fourth-order valence-electron chi connectivity index (χ4n) is 2.80. The van der Waals surface area contributed by atoms with Gasteiger partial charge in [0.25, 0.3) is 0 Å². The van der Waals surface area contributed by atoms with E-state index in [0.29, 0.717) is 5.82 Å². The first kappa shape index (κ1) is 16.3. The molecule has 0 saturated carbocycles. The Morgan fingerprint density at radius 1 is 0.963 bits per heavy atom. The van der Waals surface area contributed by atoms with Gasteiger partial charge >= 0.3 is 0 Å². The van der Waals surface area contributed by atoms with E-state index in [1.807, 2.05) is 30.3 Å². The molecule has 1 N–H and O–H groups in total. The van der Waals surface area contributed by atoms with Crippen molar-refractivity contribution in [2.24, 2.45) is 0 Å². The smallest absolute Gasteiger partial charge is 0.235 e. The third-order valence-corrected chi connectivity index (χ3v) is 5.72. The summed E-state index contributed by atoms with van der Waals surface area (Å²) in [6.45, 7) is 2.07. The second-order valence-corrected chi connectivity index (χ2v) is 8.04. The van der Waals surface area contributed by atoms with Gasteiger partial charge in [-0.25, -0.2) is 0 Å². The fourth-order valence-corrected chi connectivity index (χ4v) is 3.91. The molecule has 0 radical (unpaired) electrons. The second-order valence-electron chi connectivity index (χ2n) is 6.16. The number of rotatable bonds is 3. The number of hydrogen-bond donors (Lipinski definition) is 1. The summed E-state index contributed by atoms with van der Waals surface area (Å²) in [4.78, 5) is 0.745. The van der Waals surface area contributed by atoms with Crippen LogP contribution in [0.2, 0.25) is 0 Å². The number of benzene rings is 2. The molecule has 132 valence electrons. The first-order valence-electron chi connectivity index (χ1n) is 8.28. The molecule has 5 rings (SSSR count). The second kappa shape index (κ2) is 6.40. The van der Waals surface area contributed by atoms with Crippen LogP contribution >= 0.6 is 27.3 Å². The lowest BCUT2D eigenvalue weighted by molar-refractivity contribution is 0.954. The zero-order chi connectivity index (χ0) is 18.4. The number of nitrogens with one attached hydrogen (secondary N) is 1. The third-order valence-electron chi connectivity index (χ3n) is 4.25. The molecule has 0 atom stereocenters. The number of nitrogens with zero attached hydrogens (tertiary/aromatic N) is 5. The predicted octanol–water partition coefficient (Wildman–Crippen LogP) is 4.98. The van der Waals surface area contributed by atoms with Gasteiger partial charge in [-0.2, -0.15) is 14.7 Å². The lowest BCUT2D eigenvalue weighted by Gasteiger charge is -1.96. The molecule has 0 spiro atoms. The Bertz CT molecular complexity index is 1230. The number of aromatic amines is 1. The Morgan fingerprint density at radius 2 is 1.70 bits per heavy atom. The molecule has 27 heavy (non-hydrogen) atoms. The molecule has 0 aliphatic carbocycles. The molecule has 0 bridgehead atoms. The van der Waals surface area contributed by atoms with Crippen molar-refractivity contribution in [3.8, 4) is 33.3 Å². The molecule has 0 saturated heterocycles. The van der Waals surface area contributed by atoms with E-state index in [2.05, 4.69) is 72.6 Å². The molecule has 0 amide bonds. The van der Waals surface area contributed by atoms with Crippen molar-refractivity contribution in [2.75, 3.05) is 0 Å². The minimum atomic E-state index is 0.649. The molecule has 3 aromatic heterocycles. The summed E-state index contributed by atoms with van der Waals surface area (Å²) < 4.78 is 2.80. The van der Waals surface area contributed by atoms with E-state index in [1.165, 1.54) is 16.9 Å².